The number of hydrogen-bond acceptors (Lipinski definition) is 5. The van der Waals surface area contributed by atoms with Gasteiger partial charge in [0, 0.05) is 26.2 Å². The zero-order chi connectivity index (χ0) is 19.9. The van der Waals surface area contributed by atoms with Crippen LogP contribution in [0.1, 0.15) is 24.5 Å². The Morgan fingerprint density at radius 1 is 0.857 bits per heavy atom. The molecule has 5 nitrogen and oxygen atoms in total. The second kappa shape index (κ2) is 9.22. The van der Waals surface area contributed by atoms with Gasteiger partial charge in [0.25, 0.3) is 0 Å². The Kier molecular flexibility index (Phi) is 6.48. The summed E-state index contributed by atoms with van der Waals surface area (Å²) in [5.41, 5.74) is 2.39. The molecule has 146 valence electrons. The summed E-state index contributed by atoms with van der Waals surface area (Å²) in [6, 6.07) is 20.2. The van der Waals surface area contributed by atoms with E-state index in [4.69, 9.17) is 4.74 Å². The van der Waals surface area contributed by atoms with Gasteiger partial charge >= 0.3 is 5.97 Å². The molecule has 0 atom stereocenters. The van der Waals surface area contributed by atoms with Crippen LogP contribution in [-0.4, -0.2) is 41.8 Å². The van der Waals surface area contributed by atoms with Crippen molar-refractivity contribution in [2.45, 2.75) is 26.4 Å². The molecule has 1 saturated heterocycles. The van der Waals surface area contributed by atoms with Gasteiger partial charge in [0.1, 0.15) is 11.4 Å². The zero-order valence-electron chi connectivity index (χ0n) is 16.4. The number of nitrogens with zero attached hydrogens (tertiary/aromatic N) is 2. The van der Waals surface area contributed by atoms with Crippen LogP contribution in [0.2, 0.25) is 0 Å². The van der Waals surface area contributed by atoms with E-state index in [1.807, 2.05) is 36.4 Å². The molecule has 1 fully saturated rings. The molecule has 0 spiro atoms. The zero-order valence-corrected chi connectivity index (χ0v) is 16.4. The van der Waals surface area contributed by atoms with Crippen molar-refractivity contribution in [2.75, 3.05) is 20.2 Å². The van der Waals surface area contributed by atoms with Gasteiger partial charge in [0.2, 0.25) is 0 Å². The van der Waals surface area contributed by atoms with Gasteiger partial charge in [0.05, 0.1) is 7.11 Å². The predicted molar refractivity (Wildman–Crippen MR) is 108 cm³/mol. The largest absolute Gasteiger partial charge is 0.465 e. The molecule has 3 rings (SSSR count). The van der Waals surface area contributed by atoms with Gasteiger partial charge in [-0.3, -0.25) is 4.79 Å². The molecule has 5 heteroatoms. The minimum atomic E-state index is -0.583. The maximum atomic E-state index is 12.5. The van der Waals surface area contributed by atoms with E-state index in [0.717, 1.165) is 30.6 Å². The highest BCUT2D eigenvalue weighted by Gasteiger charge is 2.31. The smallest absolute Gasteiger partial charge is 0.345 e. The van der Waals surface area contributed by atoms with Crippen molar-refractivity contribution in [1.82, 2.24) is 9.80 Å². The molecule has 0 amide bonds. The fourth-order valence-corrected chi connectivity index (χ4v) is 3.59. The average molecular weight is 378 g/mol. The van der Waals surface area contributed by atoms with Gasteiger partial charge < -0.3 is 14.5 Å². The third-order valence-electron chi connectivity index (χ3n) is 4.85. The Morgan fingerprint density at radius 2 is 1.32 bits per heavy atom. The standard InChI is InChI=1S/C23H26N2O3/c1-18(26)21(23(27)28-2)22-24(16-19-10-5-3-6-11-19)14-9-15-25(22)17-20-12-7-4-8-13-20/h3-8,10-13H,9,14-17H2,1-2H3. The highest BCUT2D eigenvalue weighted by molar-refractivity contribution is 6.16. The summed E-state index contributed by atoms with van der Waals surface area (Å²) in [6.07, 6.45) is 0.954. The van der Waals surface area contributed by atoms with Crippen LogP contribution in [0.4, 0.5) is 0 Å². The third kappa shape index (κ3) is 4.60. The number of carbonyl (C=O) groups excluding carboxylic acids is 2. The average Bonchev–Trinajstić information content (AvgIpc) is 2.71. The molecule has 2 aromatic rings. The van der Waals surface area contributed by atoms with Crippen LogP contribution in [0, 0.1) is 0 Å². The van der Waals surface area contributed by atoms with Crippen LogP contribution in [0.3, 0.4) is 0 Å². The Bertz CT molecular complexity index is 795. The van der Waals surface area contributed by atoms with Crippen LogP contribution in [0.15, 0.2) is 72.1 Å². The second-order valence-corrected chi connectivity index (χ2v) is 6.91. The van der Waals surface area contributed by atoms with Gasteiger partial charge in [-0.05, 0) is 24.5 Å². The number of rotatable bonds is 6. The Morgan fingerprint density at radius 3 is 1.71 bits per heavy atom. The number of Topliss-reactive ketones (excluding diaryl/α,β-unsaturated/α-hetero) is 1. The first-order chi connectivity index (χ1) is 13.6. The van der Waals surface area contributed by atoms with E-state index in [0.29, 0.717) is 18.9 Å². The minimum absolute atomic E-state index is 0.120. The normalized spacial score (nSPS) is 14.0. The van der Waals surface area contributed by atoms with E-state index in [1.54, 1.807) is 0 Å². The molecule has 0 saturated carbocycles. The number of esters is 1. The lowest BCUT2D eigenvalue weighted by molar-refractivity contribution is -0.138. The minimum Gasteiger partial charge on any atom is -0.465 e. The number of carbonyl (C=O) groups is 2. The van der Waals surface area contributed by atoms with E-state index in [2.05, 4.69) is 34.1 Å². The number of methoxy groups -OCH3 is 1. The quantitative estimate of drug-likeness (QED) is 0.334. The van der Waals surface area contributed by atoms with Crippen LogP contribution in [0.25, 0.3) is 0 Å². The van der Waals surface area contributed by atoms with Crippen molar-refractivity contribution in [2.24, 2.45) is 0 Å². The summed E-state index contributed by atoms with van der Waals surface area (Å²) in [6.45, 7) is 4.26. The summed E-state index contributed by atoms with van der Waals surface area (Å²) in [5, 5.41) is 0. The predicted octanol–water partition coefficient (Wildman–Crippen LogP) is 3.37. The van der Waals surface area contributed by atoms with Crippen molar-refractivity contribution in [3.63, 3.8) is 0 Å². The van der Waals surface area contributed by atoms with Crippen LogP contribution in [0.5, 0.6) is 0 Å². The molecule has 0 unspecified atom stereocenters. The first-order valence-electron chi connectivity index (χ1n) is 9.51. The van der Waals surface area contributed by atoms with E-state index in [1.165, 1.54) is 14.0 Å². The number of ketones is 1. The summed E-state index contributed by atoms with van der Waals surface area (Å²) >= 11 is 0. The SMILES string of the molecule is COC(=O)C(C(C)=O)=C1N(Cc2ccccc2)CCCN1Cc1ccccc1. The van der Waals surface area contributed by atoms with Gasteiger partial charge in [-0.2, -0.15) is 0 Å². The molecule has 0 aromatic heterocycles. The molecule has 28 heavy (non-hydrogen) atoms. The number of benzene rings is 2. The topological polar surface area (TPSA) is 49.9 Å². The lowest BCUT2D eigenvalue weighted by Gasteiger charge is -2.41. The van der Waals surface area contributed by atoms with Crippen molar-refractivity contribution < 1.29 is 14.3 Å². The number of ether oxygens (including phenoxy) is 1. The summed E-state index contributed by atoms with van der Waals surface area (Å²) in [5.74, 6) is -0.196. The lowest BCUT2D eigenvalue weighted by Crippen LogP contribution is -2.44. The van der Waals surface area contributed by atoms with Gasteiger partial charge in [-0.1, -0.05) is 60.7 Å². The second-order valence-electron chi connectivity index (χ2n) is 6.91. The molecular formula is C23H26N2O3. The van der Waals surface area contributed by atoms with Crippen LogP contribution in [-0.2, 0) is 27.4 Å². The van der Waals surface area contributed by atoms with Crippen molar-refractivity contribution >= 4 is 11.8 Å². The third-order valence-corrected chi connectivity index (χ3v) is 4.85. The fraction of sp³-hybridized carbons (Fsp3) is 0.304. The maximum Gasteiger partial charge on any atom is 0.345 e. The lowest BCUT2D eigenvalue weighted by atomic mass is 10.1. The molecule has 1 aliphatic heterocycles. The monoisotopic (exact) mass is 378 g/mol. The van der Waals surface area contributed by atoms with Gasteiger partial charge in [0.15, 0.2) is 5.78 Å². The molecule has 0 aliphatic carbocycles. The summed E-state index contributed by atoms with van der Waals surface area (Å²) < 4.78 is 4.95. The van der Waals surface area contributed by atoms with Crippen LogP contribution < -0.4 is 0 Å². The van der Waals surface area contributed by atoms with Gasteiger partial charge in [-0.25, -0.2) is 4.79 Å². The van der Waals surface area contributed by atoms with E-state index in [-0.39, 0.29) is 11.4 Å². The Hall–Kier alpha value is -3.08. The number of hydrogen-bond donors (Lipinski definition) is 0. The van der Waals surface area contributed by atoms with Crippen molar-refractivity contribution in [3.05, 3.63) is 83.2 Å². The van der Waals surface area contributed by atoms with Gasteiger partial charge in [-0.15, -0.1) is 0 Å². The molecule has 2 aromatic carbocycles. The highest BCUT2D eigenvalue weighted by atomic mass is 16.5. The Labute approximate surface area is 166 Å². The molecule has 0 bridgehead atoms. The molecule has 0 radical (unpaired) electrons. The first-order valence-corrected chi connectivity index (χ1v) is 9.51. The fourth-order valence-electron chi connectivity index (χ4n) is 3.59. The summed E-state index contributed by atoms with van der Waals surface area (Å²) in [4.78, 5) is 29.2. The van der Waals surface area contributed by atoms with E-state index >= 15 is 0 Å². The van der Waals surface area contributed by atoms with Crippen molar-refractivity contribution in [1.29, 1.82) is 0 Å². The van der Waals surface area contributed by atoms with Crippen LogP contribution >= 0.6 is 0 Å². The first kappa shape index (κ1) is 19.7. The summed E-state index contributed by atoms with van der Waals surface area (Å²) in [7, 11) is 1.32. The molecule has 1 heterocycles. The van der Waals surface area contributed by atoms with E-state index in [9.17, 15) is 9.59 Å². The van der Waals surface area contributed by atoms with E-state index < -0.39 is 5.97 Å². The molecule has 0 N–H and O–H groups in total. The molecule has 1 aliphatic rings. The highest BCUT2D eigenvalue weighted by Crippen LogP contribution is 2.27. The van der Waals surface area contributed by atoms with Crippen molar-refractivity contribution in [3.8, 4) is 0 Å². The molecular weight excluding hydrogens is 352 g/mol. The Balaban J connectivity index is 2.02. The maximum absolute atomic E-state index is 12.5.